The maximum atomic E-state index is 13.2. The number of aryl methyl sites for hydroxylation is 1. The van der Waals surface area contributed by atoms with Gasteiger partial charge in [0, 0.05) is 37.4 Å². The number of alkyl halides is 3. The molecule has 2 aromatic rings. The van der Waals surface area contributed by atoms with Gasteiger partial charge in [0.2, 0.25) is 5.95 Å². The van der Waals surface area contributed by atoms with E-state index in [1.807, 2.05) is 19.0 Å². The summed E-state index contributed by atoms with van der Waals surface area (Å²) in [5.74, 6) is 1.56. The molecule has 3 N–H and O–H groups in total. The molecule has 2 aliphatic rings. The number of urea groups is 1. The Morgan fingerprint density at radius 3 is 2.44 bits per heavy atom. The molecule has 7 nitrogen and oxygen atoms in total. The summed E-state index contributed by atoms with van der Waals surface area (Å²) < 4.78 is 39.5. The zero-order valence-corrected chi connectivity index (χ0v) is 19.5. The molecule has 2 amide bonds. The van der Waals surface area contributed by atoms with E-state index in [2.05, 4.69) is 5.32 Å². The minimum Gasteiger partial charge on any atom is -0.362 e. The third-order valence-electron chi connectivity index (χ3n) is 6.67. The number of hydrogen-bond acceptors (Lipinski definition) is 5. The van der Waals surface area contributed by atoms with Crippen molar-refractivity contribution in [3.05, 3.63) is 41.1 Å². The average Bonchev–Trinajstić information content (AvgIpc) is 2.79. The Hall–Kier alpha value is -3.04. The molecule has 34 heavy (non-hydrogen) atoms. The Bertz CT molecular complexity index is 1030. The zero-order valence-electron chi connectivity index (χ0n) is 19.5. The first-order chi connectivity index (χ1) is 16.1. The number of fused-ring (bicyclic) bond motifs is 1. The topological polar surface area (TPSA) is 87.4 Å². The molecule has 0 radical (unpaired) electrons. The van der Waals surface area contributed by atoms with Crippen LogP contribution in [0, 0.1) is 0 Å². The molecule has 184 valence electrons. The highest BCUT2D eigenvalue weighted by Crippen LogP contribution is 2.35. The van der Waals surface area contributed by atoms with E-state index in [0.29, 0.717) is 18.8 Å². The number of nitrogens with two attached hydrogens (primary N) is 1. The van der Waals surface area contributed by atoms with Crippen molar-refractivity contribution in [3.8, 4) is 0 Å². The molecule has 10 heteroatoms. The fraction of sp³-hybridized carbons (Fsp3) is 0.542. The quantitative estimate of drug-likeness (QED) is 0.650. The lowest BCUT2D eigenvalue weighted by Crippen LogP contribution is -2.47. The zero-order chi connectivity index (χ0) is 24.5. The molecule has 4 rings (SSSR count). The van der Waals surface area contributed by atoms with Crippen LogP contribution in [-0.4, -0.2) is 42.2 Å². The van der Waals surface area contributed by atoms with E-state index < -0.39 is 17.8 Å². The molecule has 1 heterocycles. The fourth-order valence-corrected chi connectivity index (χ4v) is 5.02. The van der Waals surface area contributed by atoms with Gasteiger partial charge in [0.25, 0.3) is 0 Å². The normalized spacial score (nSPS) is 20.4. The van der Waals surface area contributed by atoms with Gasteiger partial charge in [0.1, 0.15) is 5.82 Å². The van der Waals surface area contributed by atoms with Crippen molar-refractivity contribution in [2.75, 3.05) is 29.2 Å². The third kappa shape index (κ3) is 5.20. The first kappa shape index (κ1) is 24.1. The summed E-state index contributed by atoms with van der Waals surface area (Å²) in [6.07, 6.45) is 2.41. The molecule has 1 aromatic heterocycles. The lowest BCUT2D eigenvalue weighted by Gasteiger charge is -2.36. The number of anilines is 3. The van der Waals surface area contributed by atoms with E-state index in [1.54, 1.807) is 0 Å². The maximum absolute atomic E-state index is 13.2. The number of rotatable bonds is 5. The van der Waals surface area contributed by atoms with Crippen LogP contribution in [0.5, 0.6) is 0 Å². The van der Waals surface area contributed by atoms with Gasteiger partial charge in [-0.1, -0.05) is 6.07 Å². The molecular weight excluding hydrogens is 445 g/mol. The molecule has 2 aliphatic carbocycles. The van der Waals surface area contributed by atoms with Gasteiger partial charge in [-0.25, -0.2) is 9.78 Å². The SMILES string of the molecule is CN(C)c1nc(N[C@H]2CC[C@@H](N(C(N)=O)c3cccc(C(F)(F)F)c3)CC2)nc2c1CCCC2. The van der Waals surface area contributed by atoms with Crippen molar-refractivity contribution in [1.82, 2.24) is 9.97 Å². The second kappa shape index (κ2) is 9.68. The number of amides is 2. The summed E-state index contributed by atoms with van der Waals surface area (Å²) in [6.45, 7) is 0. The summed E-state index contributed by atoms with van der Waals surface area (Å²) in [5.41, 5.74) is 7.30. The van der Waals surface area contributed by atoms with Crippen LogP contribution in [0.3, 0.4) is 0 Å². The monoisotopic (exact) mass is 476 g/mol. The molecule has 1 fully saturated rings. The minimum absolute atomic E-state index is 0.115. The van der Waals surface area contributed by atoms with Gasteiger partial charge in [-0.15, -0.1) is 0 Å². The van der Waals surface area contributed by atoms with Gasteiger partial charge in [-0.2, -0.15) is 18.2 Å². The predicted molar refractivity (Wildman–Crippen MR) is 126 cm³/mol. The van der Waals surface area contributed by atoms with E-state index in [0.717, 1.165) is 62.2 Å². The fourth-order valence-electron chi connectivity index (χ4n) is 5.02. The molecule has 0 bridgehead atoms. The van der Waals surface area contributed by atoms with Crippen molar-refractivity contribution >= 4 is 23.5 Å². The van der Waals surface area contributed by atoms with Crippen LogP contribution in [-0.2, 0) is 19.0 Å². The number of hydrogen-bond donors (Lipinski definition) is 2. The number of aromatic nitrogens is 2. The lowest BCUT2D eigenvalue weighted by atomic mass is 9.90. The van der Waals surface area contributed by atoms with Crippen molar-refractivity contribution in [3.63, 3.8) is 0 Å². The second-order valence-corrected chi connectivity index (χ2v) is 9.30. The molecular formula is C24H31F3N6O. The number of carbonyl (C=O) groups excluding carboxylic acids is 1. The smallest absolute Gasteiger partial charge is 0.362 e. The molecule has 1 saturated carbocycles. The van der Waals surface area contributed by atoms with Crippen molar-refractivity contribution in [2.45, 2.75) is 69.6 Å². The molecule has 0 saturated heterocycles. The highest BCUT2D eigenvalue weighted by atomic mass is 19.4. The standard InChI is InChI=1S/C24H31F3N6O/c1-32(2)21-19-8-3-4-9-20(19)30-23(31-21)29-16-10-12-17(13-11-16)33(22(28)34)18-7-5-6-15(14-18)24(25,26)27/h5-7,14,16-17H,3-4,8-13H2,1-2H3,(H2,28,34)(H,29,30,31)/t16-,17+. The van der Waals surface area contributed by atoms with Crippen LogP contribution in [0.1, 0.15) is 55.3 Å². The van der Waals surface area contributed by atoms with Crippen molar-refractivity contribution in [1.29, 1.82) is 0 Å². The van der Waals surface area contributed by atoms with Gasteiger partial charge in [-0.05, 0) is 69.6 Å². The van der Waals surface area contributed by atoms with Gasteiger partial charge < -0.3 is 16.0 Å². The Labute approximate surface area is 197 Å². The number of nitrogens with zero attached hydrogens (tertiary/aromatic N) is 4. The predicted octanol–water partition coefficient (Wildman–Crippen LogP) is 4.75. The highest BCUT2D eigenvalue weighted by Gasteiger charge is 2.33. The number of halogens is 3. The lowest BCUT2D eigenvalue weighted by molar-refractivity contribution is -0.137. The number of primary amides is 1. The Morgan fingerprint density at radius 1 is 1.09 bits per heavy atom. The van der Waals surface area contributed by atoms with E-state index >= 15 is 0 Å². The van der Waals surface area contributed by atoms with E-state index in [1.165, 1.54) is 22.6 Å². The Balaban J connectivity index is 1.46. The summed E-state index contributed by atoms with van der Waals surface area (Å²) >= 11 is 0. The maximum Gasteiger partial charge on any atom is 0.416 e. The van der Waals surface area contributed by atoms with Crippen LogP contribution in [0.15, 0.2) is 24.3 Å². The molecule has 1 aromatic carbocycles. The minimum atomic E-state index is -4.48. The number of carbonyl (C=O) groups is 1. The molecule has 0 aliphatic heterocycles. The summed E-state index contributed by atoms with van der Waals surface area (Å²) in [5, 5.41) is 3.45. The molecule has 0 unspecified atom stereocenters. The Kier molecular flexibility index (Phi) is 6.86. The van der Waals surface area contributed by atoms with Crippen LogP contribution < -0.4 is 20.9 Å². The van der Waals surface area contributed by atoms with Gasteiger partial charge in [0.05, 0.1) is 11.3 Å². The van der Waals surface area contributed by atoms with Crippen LogP contribution in [0.4, 0.5) is 35.4 Å². The first-order valence-electron chi connectivity index (χ1n) is 11.7. The summed E-state index contributed by atoms with van der Waals surface area (Å²) in [7, 11) is 3.97. The van der Waals surface area contributed by atoms with Crippen LogP contribution in [0.2, 0.25) is 0 Å². The molecule has 0 atom stereocenters. The highest BCUT2D eigenvalue weighted by molar-refractivity contribution is 5.91. The number of nitrogens with one attached hydrogen (secondary N) is 1. The van der Waals surface area contributed by atoms with Crippen LogP contribution in [0.25, 0.3) is 0 Å². The Morgan fingerprint density at radius 2 is 1.79 bits per heavy atom. The van der Waals surface area contributed by atoms with E-state index in [-0.39, 0.29) is 17.8 Å². The van der Waals surface area contributed by atoms with Gasteiger partial charge >= 0.3 is 12.2 Å². The van der Waals surface area contributed by atoms with E-state index in [9.17, 15) is 18.0 Å². The largest absolute Gasteiger partial charge is 0.416 e. The van der Waals surface area contributed by atoms with Crippen LogP contribution >= 0.6 is 0 Å². The van der Waals surface area contributed by atoms with Gasteiger partial charge in [-0.3, -0.25) is 4.90 Å². The summed E-state index contributed by atoms with van der Waals surface area (Å²) in [6, 6.07) is 3.88. The van der Waals surface area contributed by atoms with E-state index in [4.69, 9.17) is 15.7 Å². The molecule has 0 spiro atoms. The van der Waals surface area contributed by atoms with Crippen molar-refractivity contribution < 1.29 is 18.0 Å². The first-order valence-corrected chi connectivity index (χ1v) is 11.7. The van der Waals surface area contributed by atoms with Gasteiger partial charge in [0.15, 0.2) is 0 Å². The number of benzene rings is 1. The average molecular weight is 477 g/mol. The third-order valence-corrected chi connectivity index (χ3v) is 6.67. The summed E-state index contributed by atoms with van der Waals surface area (Å²) in [4.78, 5) is 25.0. The second-order valence-electron chi connectivity index (χ2n) is 9.30. The van der Waals surface area contributed by atoms with Crippen molar-refractivity contribution in [2.24, 2.45) is 5.73 Å².